The Bertz CT molecular complexity index is 1110. The Morgan fingerprint density at radius 1 is 0.889 bits per heavy atom. The fourth-order valence-corrected chi connectivity index (χ4v) is 7.41. The minimum Gasteiger partial charge on any atom is -0.626 e. The monoisotopic (exact) mass is 397 g/mol. The van der Waals surface area contributed by atoms with Crippen molar-refractivity contribution >= 4 is 25.6 Å². The van der Waals surface area contributed by atoms with Crippen molar-refractivity contribution in [2.24, 2.45) is 4.36 Å². The Labute approximate surface area is 160 Å². The topological polar surface area (TPSA) is 69.6 Å². The maximum atomic E-state index is 13.6. The normalized spacial score (nSPS) is 21.9. The van der Waals surface area contributed by atoms with E-state index in [1.165, 1.54) is 0 Å². The van der Waals surface area contributed by atoms with Gasteiger partial charge in [-0.3, -0.25) is 0 Å². The third-order valence-corrected chi connectivity index (χ3v) is 8.87. The van der Waals surface area contributed by atoms with Crippen LogP contribution in [0, 0.1) is 0 Å². The lowest BCUT2D eigenvalue weighted by atomic mass is 10.0. The molecule has 0 bridgehead atoms. The van der Waals surface area contributed by atoms with Crippen LogP contribution in [0.4, 0.5) is 5.69 Å². The first kappa shape index (κ1) is 18.1. The van der Waals surface area contributed by atoms with Crippen LogP contribution >= 0.6 is 0 Å². The fraction of sp³-hybridized carbons (Fsp3) is 0.143. The Kier molecular flexibility index (Phi) is 4.72. The lowest BCUT2D eigenvalue weighted by Crippen LogP contribution is -2.29. The number of sulfone groups is 1. The highest BCUT2D eigenvalue weighted by molar-refractivity contribution is 8.00. The van der Waals surface area contributed by atoms with Crippen molar-refractivity contribution in [3.05, 3.63) is 90.5 Å². The van der Waals surface area contributed by atoms with E-state index >= 15 is 0 Å². The summed E-state index contributed by atoms with van der Waals surface area (Å²) in [5.41, 5.74) is 1.46. The molecule has 2 atom stereocenters. The molecule has 27 heavy (non-hydrogen) atoms. The van der Waals surface area contributed by atoms with Crippen molar-refractivity contribution in [3.8, 4) is 0 Å². The molecular formula is C21H19NO3S2. The van der Waals surface area contributed by atoms with Crippen LogP contribution in [-0.4, -0.2) is 24.5 Å². The van der Waals surface area contributed by atoms with Crippen molar-refractivity contribution < 1.29 is 13.0 Å². The van der Waals surface area contributed by atoms with Gasteiger partial charge in [-0.1, -0.05) is 54.6 Å². The van der Waals surface area contributed by atoms with Gasteiger partial charge in [0, 0.05) is 5.92 Å². The van der Waals surface area contributed by atoms with E-state index in [0.717, 1.165) is 5.56 Å². The number of nitrogens with zero attached hydrogens (tertiary/aromatic N) is 1. The molecule has 0 radical (unpaired) electrons. The third-order valence-electron chi connectivity index (χ3n) is 4.68. The first-order valence-corrected chi connectivity index (χ1v) is 12.0. The highest BCUT2D eigenvalue weighted by Gasteiger charge is 2.35. The van der Waals surface area contributed by atoms with Gasteiger partial charge in [-0.05, 0) is 46.0 Å². The summed E-state index contributed by atoms with van der Waals surface area (Å²) < 4.78 is 44.0. The zero-order valence-electron chi connectivity index (χ0n) is 14.6. The van der Waals surface area contributed by atoms with E-state index in [1.807, 2.05) is 36.4 Å². The van der Waals surface area contributed by atoms with Gasteiger partial charge in [0.1, 0.15) is 16.3 Å². The molecule has 138 valence electrons. The van der Waals surface area contributed by atoms with Gasteiger partial charge in [0.2, 0.25) is 0 Å². The molecule has 1 aliphatic rings. The maximum Gasteiger partial charge on any atom is 0.179 e. The Hall–Kier alpha value is -2.28. The van der Waals surface area contributed by atoms with E-state index in [-0.39, 0.29) is 22.3 Å². The molecule has 6 heteroatoms. The average Bonchev–Trinajstić information content (AvgIpc) is 2.69. The highest BCUT2D eigenvalue weighted by atomic mass is 32.3. The van der Waals surface area contributed by atoms with Crippen LogP contribution in [0.1, 0.15) is 11.5 Å². The summed E-state index contributed by atoms with van der Waals surface area (Å²) in [4.78, 5) is 0.929. The zero-order chi connectivity index (χ0) is 18.9. The van der Waals surface area contributed by atoms with E-state index in [9.17, 15) is 13.0 Å². The van der Waals surface area contributed by atoms with Crippen LogP contribution in [0.15, 0.2) is 99.1 Å². The van der Waals surface area contributed by atoms with Crippen molar-refractivity contribution in [1.82, 2.24) is 0 Å². The van der Waals surface area contributed by atoms with Crippen LogP contribution in [-0.2, 0) is 19.9 Å². The van der Waals surface area contributed by atoms with Gasteiger partial charge in [0.05, 0.1) is 10.6 Å². The van der Waals surface area contributed by atoms with Gasteiger partial charge < -0.3 is 4.55 Å². The van der Waals surface area contributed by atoms with Crippen molar-refractivity contribution in [3.63, 3.8) is 0 Å². The number of benzene rings is 3. The standard InChI is InChI=1S/C21H19NO3S2/c23-26(18-9-3-1-4-10-18)15-17(20-13-7-8-14-21(20)22-26)16-27(24,25)19-11-5-2-6-12-19/h1-14,17H,15-16H2/t17-,26?/m0/s1. The Balaban J connectivity index is 1.77. The molecule has 0 saturated carbocycles. The minimum absolute atomic E-state index is 0.0899. The van der Waals surface area contributed by atoms with Crippen LogP contribution in [0.25, 0.3) is 0 Å². The number of fused-ring (bicyclic) bond motifs is 1. The summed E-state index contributed by atoms with van der Waals surface area (Å²) in [6.07, 6.45) is 0. The summed E-state index contributed by atoms with van der Waals surface area (Å²) in [5.74, 6) is -0.274. The fourth-order valence-electron chi connectivity index (χ4n) is 3.38. The van der Waals surface area contributed by atoms with Gasteiger partial charge in [-0.15, -0.1) is 4.36 Å². The second-order valence-electron chi connectivity index (χ2n) is 6.56. The number of hydrogen-bond acceptors (Lipinski definition) is 4. The number of rotatable bonds is 4. The molecule has 1 heterocycles. The first-order chi connectivity index (χ1) is 13.0. The molecule has 1 unspecified atom stereocenters. The van der Waals surface area contributed by atoms with Gasteiger partial charge in [0.15, 0.2) is 9.84 Å². The zero-order valence-corrected chi connectivity index (χ0v) is 16.2. The van der Waals surface area contributed by atoms with Gasteiger partial charge >= 0.3 is 0 Å². The first-order valence-electron chi connectivity index (χ1n) is 8.65. The lowest BCUT2D eigenvalue weighted by Gasteiger charge is -2.31. The highest BCUT2D eigenvalue weighted by Crippen LogP contribution is 2.40. The summed E-state index contributed by atoms with van der Waals surface area (Å²) in [5, 5.41) is 0. The molecule has 0 N–H and O–H groups in total. The molecule has 0 saturated heterocycles. The predicted octanol–water partition coefficient (Wildman–Crippen LogP) is 4.42. The second-order valence-corrected chi connectivity index (χ2v) is 10.9. The Morgan fingerprint density at radius 2 is 1.48 bits per heavy atom. The van der Waals surface area contributed by atoms with E-state index in [2.05, 4.69) is 4.36 Å². The molecular weight excluding hydrogens is 378 g/mol. The summed E-state index contributed by atoms with van der Waals surface area (Å²) in [6.45, 7) is 0. The van der Waals surface area contributed by atoms with Crippen LogP contribution in [0.3, 0.4) is 0 Å². The molecule has 3 aromatic carbocycles. The summed E-state index contributed by atoms with van der Waals surface area (Å²) >= 11 is 0. The lowest BCUT2D eigenvalue weighted by molar-refractivity contribution is 0.571. The van der Waals surface area contributed by atoms with E-state index in [4.69, 9.17) is 0 Å². The molecule has 3 aromatic rings. The largest absolute Gasteiger partial charge is 0.626 e. The molecule has 0 fully saturated rings. The number of hydrogen-bond donors (Lipinski definition) is 0. The molecule has 0 aliphatic carbocycles. The van der Waals surface area contributed by atoms with Gasteiger partial charge in [-0.2, -0.15) is 0 Å². The van der Waals surface area contributed by atoms with E-state index < -0.39 is 19.9 Å². The molecule has 4 nitrogen and oxygen atoms in total. The maximum absolute atomic E-state index is 13.6. The Morgan fingerprint density at radius 3 is 2.19 bits per heavy atom. The SMILES string of the molecule is O=S(=O)(C[C@@H]1C[S+]([O-])(c2ccccc2)=Nc2ccccc21)c1ccccc1. The smallest absolute Gasteiger partial charge is 0.179 e. The van der Waals surface area contributed by atoms with E-state index in [1.54, 1.807) is 48.5 Å². The average molecular weight is 398 g/mol. The van der Waals surface area contributed by atoms with Gasteiger partial charge in [-0.25, -0.2) is 8.42 Å². The molecule has 0 amide bonds. The van der Waals surface area contributed by atoms with Crippen molar-refractivity contribution in [2.75, 3.05) is 11.5 Å². The summed E-state index contributed by atoms with van der Waals surface area (Å²) in [7, 11) is -6.23. The minimum atomic E-state index is -3.50. The quantitative estimate of drug-likeness (QED) is 0.612. The van der Waals surface area contributed by atoms with Crippen LogP contribution < -0.4 is 0 Å². The van der Waals surface area contributed by atoms with Crippen molar-refractivity contribution in [1.29, 1.82) is 0 Å². The third kappa shape index (κ3) is 3.60. The van der Waals surface area contributed by atoms with Gasteiger partial charge in [0.25, 0.3) is 0 Å². The van der Waals surface area contributed by atoms with E-state index in [0.29, 0.717) is 10.6 Å². The molecule has 0 spiro atoms. The molecule has 0 aromatic heterocycles. The summed E-state index contributed by atoms with van der Waals surface area (Å²) in [6, 6.07) is 24.9. The molecule has 1 aliphatic heterocycles. The second kappa shape index (κ2) is 7.03. The molecule has 4 rings (SSSR count). The predicted molar refractivity (Wildman–Crippen MR) is 107 cm³/mol. The van der Waals surface area contributed by atoms with Crippen LogP contribution in [0.2, 0.25) is 0 Å². The van der Waals surface area contributed by atoms with Crippen molar-refractivity contribution in [2.45, 2.75) is 15.7 Å². The van der Waals surface area contributed by atoms with Crippen LogP contribution in [0.5, 0.6) is 0 Å².